The van der Waals surface area contributed by atoms with Gasteiger partial charge in [0.2, 0.25) is 0 Å². The Morgan fingerprint density at radius 3 is 2.88 bits per heavy atom. The first kappa shape index (κ1) is 13.4. The van der Waals surface area contributed by atoms with Crippen LogP contribution in [0, 0.1) is 0 Å². The molecule has 0 amide bonds. The van der Waals surface area contributed by atoms with Crippen LogP contribution in [-0.2, 0) is 17.5 Å². The van der Waals surface area contributed by atoms with E-state index in [-0.39, 0.29) is 6.04 Å². The van der Waals surface area contributed by atoms with Crippen LogP contribution >= 0.6 is 0 Å². The van der Waals surface area contributed by atoms with Crippen LogP contribution in [0.15, 0.2) is 29.2 Å². The first-order valence-corrected chi connectivity index (χ1v) is 6.69. The quantitative estimate of drug-likeness (QED) is 0.751. The predicted molar refractivity (Wildman–Crippen MR) is 66.7 cm³/mol. The van der Waals surface area contributed by atoms with Crippen LogP contribution in [0.2, 0.25) is 0 Å². The molecule has 0 fully saturated rings. The standard InChI is InChI=1S/C12H19NO2S/c1-2-11(13)7-3-5-10-6-4-8-12(9-10)16(14)15/h4,6,8-9,11H,2-3,5,7,13H2,1H3,(H,14,15). The third-order valence-electron chi connectivity index (χ3n) is 2.66. The van der Waals surface area contributed by atoms with E-state index in [0.717, 1.165) is 31.2 Å². The number of benzene rings is 1. The van der Waals surface area contributed by atoms with Gasteiger partial charge in [-0.1, -0.05) is 19.1 Å². The molecule has 3 nitrogen and oxygen atoms in total. The molecule has 0 aliphatic heterocycles. The minimum Gasteiger partial charge on any atom is -0.328 e. The molecule has 1 rings (SSSR count). The van der Waals surface area contributed by atoms with Gasteiger partial charge in [0.1, 0.15) is 0 Å². The van der Waals surface area contributed by atoms with Crippen molar-refractivity contribution < 1.29 is 8.76 Å². The highest BCUT2D eigenvalue weighted by Gasteiger charge is 2.02. The predicted octanol–water partition coefficient (Wildman–Crippen LogP) is 2.33. The van der Waals surface area contributed by atoms with Crippen LogP contribution in [0.4, 0.5) is 0 Å². The summed E-state index contributed by atoms with van der Waals surface area (Å²) in [6.07, 6.45) is 3.94. The molecule has 0 saturated carbocycles. The zero-order valence-corrected chi connectivity index (χ0v) is 10.4. The molecule has 16 heavy (non-hydrogen) atoms. The van der Waals surface area contributed by atoms with Gasteiger partial charge < -0.3 is 10.3 Å². The molecular weight excluding hydrogens is 222 g/mol. The fraction of sp³-hybridized carbons (Fsp3) is 0.500. The molecule has 90 valence electrons. The zero-order valence-electron chi connectivity index (χ0n) is 9.56. The van der Waals surface area contributed by atoms with Gasteiger partial charge in [-0.15, -0.1) is 0 Å². The maximum atomic E-state index is 10.9. The maximum absolute atomic E-state index is 10.9. The van der Waals surface area contributed by atoms with E-state index in [2.05, 4.69) is 6.92 Å². The monoisotopic (exact) mass is 241 g/mol. The van der Waals surface area contributed by atoms with Gasteiger partial charge in [-0.2, -0.15) is 0 Å². The number of nitrogens with two attached hydrogens (primary N) is 1. The lowest BCUT2D eigenvalue weighted by molar-refractivity contribution is 0.562. The van der Waals surface area contributed by atoms with Gasteiger partial charge in [0.15, 0.2) is 11.1 Å². The second-order valence-corrected chi connectivity index (χ2v) is 4.93. The van der Waals surface area contributed by atoms with E-state index in [1.54, 1.807) is 12.1 Å². The summed E-state index contributed by atoms with van der Waals surface area (Å²) in [5.41, 5.74) is 6.93. The molecule has 0 bridgehead atoms. The largest absolute Gasteiger partial charge is 0.328 e. The second-order valence-electron chi connectivity index (χ2n) is 3.96. The van der Waals surface area contributed by atoms with Crippen molar-refractivity contribution in [3.63, 3.8) is 0 Å². The van der Waals surface area contributed by atoms with Crippen molar-refractivity contribution in [2.75, 3.05) is 0 Å². The molecule has 3 N–H and O–H groups in total. The third-order valence-corrected chi connectivity index (χ3v) is 3.32. The molecule has 2 unspecified atom stereocenters. The molecule has 0 aliphatic rings. The van der Waals surface area contributed by atoms with Crippen LogP contribution in [0.3, 0.4) is 0 Å². The summed E-state index contributed by atoms with van der Waals surface area (Å²) in [4.78, 5) is 0.470. The van der Waals surface area contributed by atoms with Gasteiger partial charge >= 0.3 is 0 Å². The van der Waals surface area contributed by atoms with Crippen molar-refractivity contribution in [2.45, 2.75) is 43.5 Å². The fourth-order valence-electron chi connectivity index (χ4n) is 1.58. The van der Waals surface area contributed by atoms with Crippen molar-refractivity contribution in [2.24, 2.45) is 5.73 Å². The fourth-order valence-corrected chi connectivity index (χ4v) is 2.03. The second kappa shape index (κ2) is 6.78. The van der Waals surface area contributed by atoms with Crippen LogP contribution < -0.4 is 5.73 Å². The summed E-state index contributed by atoms with van der Waals surface area (Å²) in [5, 5.41) is 0. The molecule has 0 aromatic heterocycles. The van der Waals surface area contributed by atoms with Crippen molar-refractivity contribution >= 4 is 11.1 Å². The summed E-state index contributed by atoms with van der Waals surface area (Å²) in [5.74, 6) is 0. The molecule has 0 aliphatic carbocycles. The SMILES string of the molecule is CCC(N)CCCc1cccc(S(=O)O)c1. The minimum atomic E-state index is -1.88. The van der Waals surface area contributed by atoms with E-state index in [4.69, 9.17) is 10.3 Å². The smallest absolute Gasteiger partial charge is 0.186 e. The van der Waals surface area contributed by atoms with Crippen LogP contribution in [0.1, 0.15) is 31.7 Å². The Labute approximate surface area is 99.3 Å². The Hall–Kier alpha value is -0.710. The lowest BCUT2D eigenvalue weighted by Crippen LogP contribution is -2.18. The zero-order chi connectivity index (χ0) is 12.0. The Morgan fingerprint density at radius 1 is 1.50 bits per heavy atom. The van der Waals surface area contributed by atoms with E-state index in [9.17, 15) is 4.21 Å². The van der Waals surface area contributed by atoms with Gasteiger partial charge in [-0.05, 0) is 43.4 Å². The van der Waals surface area contributed by atoms with Crippen molar-refractivity contribution in [1.82, 2.24) is 0 Å². The van der Waals surface area contributed by atoms with E-state index in [1.165, 1.54) is 0 Å². The highest BCUT2D eigenvalue weighted by atomic mass is 32.2. The Balaban J connectivity index is 2.48. The molecule has 0 radical (unpaired) electrons. The molecule has 2 atom stereocenters. The highest BCUT2D eigenvalue weighted by molar-refractivity contribution is 7.79. The van der Waals surface area contributed by atoms with Crippen molar-refractivity contribution in [1.29, 1.82) is 0 Å². The Morgan fingerprint density at radius 2 is 2.25 bits per heavy atom. The molecule has 0 spiro atoms. The summed E-state index contributed by atoms with van der Waals surface area (Å²) in [6, 6.07) is 7.52. The normalized spacial score (nSPS) is 14.7. The average Bonchev–Trinajstić information content (AvgIpc) is 2.29. The third kappa shape index (κ3) is 4.43. The Kier molecular flexibility index (Phi) is 5.66. The minimum absolute atomic E-state index is 0.273. The first-order chi connectivity index (χ1) is 7.63. The summed E-state index contributed by atoms with van der Waals surface area (Å²) in [7, 11) is 0. The lowest BCUT2D eigenvalue weighted by Gasteiger charge is -2.08. The first-order valence-electron chi connectivity index (χ1n) is 5.59. The van der Waals surface area contributed by atoms with Gasteiger partial charge in [0.25, 0.3) is 0 Å². The molecule has 1 aromatic carbocycles. The highest BCUT2D eigenvalue weighted by Crippen LogP contribution is 2.12. The lowest BCUT2D eigenvalue weighted by atomic mass is 10.0. The van der Waals surface area contributed by atoms with Crippen molar-refractivity contribution in [3.8, 4) is 0 Å². The van der Waals surface area contributed by atoms with Crippen LogP contribution in [-0.4, -0.2) is 14.8 Å². The Bertz CT molecular complexity index is 355. The summed E-state index contributed by atoms with van der Waals surface area (Å²) < 4.78 is 19.8. The van der Waals surface area contributed by atoms with Gasteiger partial charge in [0, 0.05) is 6.04 Å². The van der Waals surface area contributed by atoms with Crippen LogP contribution in [0.25, 0.3) is 0 Å². The average molecular weight is 241 g/mol. The van der Waals surface area contributed by atoms with Gasteiger partial charge in [-0.25, -0.2) is 4.21 Å². The van der Waals surface area contributed by atoms with Crippen molar-refractivity contribution in [3.05, 3.63) is 29.8 Å². The van der Waals surface area contributed by atoms with Gasteiger partial charge in [-0.3, -0.25) is 0 Å². The summed E-state index contributed by atoms with van der Waals surface area (Å²) in [6.45, 7) is 2.08. The van der Waals surface area contributed by atoms with E-state index in [1.807, 2.05) is 12.1 Å². The number of hydrogen-bond donors (Lipinski definition) is 2. The van der Waals surface area contributed by atoms with E-state index >= 15 is 0 Å². The number of hydrogen-bond acceptors (Lipinski definition) is 2. The topological polar surface area (TPSA) is 63.3 Å². The molecule has 1 aromatic rings. The molecule has 0 saturated heterocycles. The van der Waals surface area contributed by atoms with Crippen LogP contribution in [0.5, 0.6) is 0 Å². The van der Waals surface area contributed by atoms with E-state index in [0.29, 0.717) is 4.90 Å². The maximum Gasteiger partial charge on any atom is 0.186 e. The van der Waals surface area contributed by atoms with Gasteiger partial charge in [0.05, 0.1) is 4.90 Å². The molecule has 4 heteroatoms. The molecule has 0 heterocycles. The number of aryl methyl sites for hydroxylation is 1. The van der Waals surface area contributed by atoms with E-state index < -0.39 is 11.1 Å². The summed E-state index contributed by atoms with van der Waals surface area (Å²) >= 11 is -1.88. The number of rotatable bonds is 6. The molecular formula is C12H19NO2S.